The summed E-state index contributed by atoms with van der Waals surface area (Å²) in [4.78, 5) is 12.7. The van der Waals surface area contributed by atoms with Crippen LogP contribution in [0.1, 0.15) is 11.4 Å². The van der Waals surface area contributed by atoms with Gasteiger partial charge in [-0.1, -0.05) is 0 Å². The molecule has 4 nitrogen and oxygen atoms in total. The van der Waals surface area contributed by atoms with Gasteiger partial charge in [-0.3, -0.25) is 0 Å². The molecule has 1 rings (SSSR count). The quantitative estimate of drug-likeness (QED) is 0.640. The van der Waals surface area contributed by atoms with Gasteiger partial charge in [-0.2, -0.15) is 5.48 Å². The van der Waals surface area contributed by atoms with Crippen molar-refractivity contribution in [2.75, 3.05) is 7.11 Å². The maximum absolute atomic E-state index is 4.67. The Morgan fingerprint density at radius 3 is 2.64 bits per heavy atom. The lowest BCUT2D eigenvalue weighted by Gasteiger charge is -2.00. The molecule has 1 N–H and O–H groups in total. The van der Waals surface area contributed by atoms with Crippen LogP contribution in [-0.4, -0.2) is 17.1 Å². The predicted octanol–water partition coefficient (Wildman–Crippen LogP) is 0.436. The van der Waals surface area contributed by atoms with E-state index in [0.717, 1.165) is 11.4 Å². The standard InChI is InChI=1S/C7H11N3O/c1-6-8-3-7(4-9-6)5-10-11-2/h3-4,10H,5H2,1-2H3. The highest BCUT2D eigenvalue weighted by molar-refractivity contribution is 5.03. The van der Waals surface area contributed by atoms with Crippen LogP contribution in [-0.2, 0) is 11.4 Å². The van der Waals surface area contributed by atoms with Crippen molar-refractivity contribution in [1.29, 1.82) is 0 Å². The first-order valence-corrected chi connectivity index (χ1v) is 3.36. The summed E-state index contributed by atoms with van der Waals surface area (Å²) in [6.07, 6.45) is 3.54. The van der Waals surface area contributed by atoms with Crippen LogP contribution in [0.25, 0.3) is 0 Å². The van der Waals surface area contributed by atoms with Gasteiger partial charge in [0.25, 0.3) is 0 Å². The SMILES string of the molecule is CONCc1cnc(C)nc1. The molecule has 0 fully saturated rings. The highest BCUT2D eigenvalue weighted by Crippen LogP contribution is 1.93. The predicted molar refractivity (Wildman–Crippen MR) is 40.6 cm³/mol. The summed E-state index contributed by atoms with van der Waals surface area (Å²) in [6, 6.07) is 0. The Hall–Kier alpha value is -1.00. The Morgan fingerprint density at radius 2 is 2.09 bits per heavy atom. The van der Waals surface area contributed by atoms with E-state index in [1.165, 1.54) is 0 Å². The van der Waals surface area contributed by atoms with Gasteiger partial charge in [-0.15, -0.1) is 0 Å². The van der Waals surface area contributed by atoms with Crippen molar-refractivity contribution >= 4 is 0 Å². The fourth-order valence-electron chi connectivity index (χ4n) is 0.666. The third-order valence-corrected chi connectivity index (χ3v) is 1.26. The number of hydrogen-bond acceptors (Lipinski definition) is 4. The van der Waals surface area contributed by atoms with E-state index in [2.05, 4.69) is 20.3 Å². The van der Waals surface area contributed by atoms with E-state index in [0.29, 0.717) is 6.54 Å². The molecule has 1 aromatic heterocycles. The summed E-state index contributed by atoms with van der Waals surface area (Å²) in [5, 5.41) is 0. The minimum absolute atomic E-state index is 0.636. The average Bonchev–Trinajstić information content (AvgIpc) is 2.04. The summed E-state index contributed by atoms with van der Waals surface area (Å²) >= 11 is 0. The highest BCUT2D eigenvalue weighted by atomic mass is 16.6. The summed E-state index contributed by atoms with van der Waals surface area (Å²) in [5.74, 6) is 0.783. The number of aromatic nitrogens is 2. The maximum Gasteiger partial charge on any atom is 0.125 e. The third-order valence-electron chi connectivity index (χ3n) is 1.26. The van der Waals surface area contributed by atoms with Gasteiger partial charge in [0.2, 0.25) is 0 Å². The first kappa shape index (κ1) is 8.10. The van der Waals surface area contributed by atoms with Gasteiger partial charge in [0.15, 0.2) is 0 Å². The normalized spacial score (nSPS) is 10.0. The average molecular weight is 153 g/mol. The smallest absolute Gasteiger partial charge is 0.125 e. The number of nitrogens with one attached hydrogen (secondary N) is 1. The molecule has 0 aromatic carbocycles. The lowest BCUT2D eigenvalue weighted by Crippen LogP contribution is -2.11. The van der Waals surface area contributed by atoms with E-state index in [9.17, 15) is 0 Å². The molecule has 0 atom stereocenters. The van der Waals surface area contributed by atoms with E-state index in [1.807, 2.05) is 6.92 Å². The highest BCUT2D eigenvalue weighted by Gasteiger charge is 1.91. The molecule has 0 aliphatic carbocycles. The first-order valence-electron chi connectivity index (χ1n) is 3.36. The molecule has 0 aliphatic heterocycles. The molecular weight excluding hydrogens is 142 g/mol. The van der Waals surface area contributed by atoms with Gasteiger partial charge in [0.1, 0.15) is 5.82 Å². The second-order valence-electron chi connectivity index (χ2n) is 2.16. The van der Waals surface area contributed by atoms with Crippen LogP contribution in [0.15, 0.2) is 12.4 Å². The minimum atomic E-state index is 0.636. The molecule has 4 heteroatoms. The minimum Gasteiger partial charge on any atom is -0.305 e. The van der Waals surface area contributed by atoms with Crippen molar-refractivity contribution in [3.05, 3.63) is 23.8 Å². The molecule has 1 aromatic rings. The Balaban J connectivity index is 2.52. The van der Waals surface area contributed by atoms with Gasteiger partial charge >= 0.3 is 0 Å². The van der Waals surface area contributed by atoms with Gasteiger partial charge in [0.05, 0.1) is 7.11 Å². The summed E-state index contributed by atoms with van der Waals surface area (Å²) in [5.41, 5.74) is 3.72. The van der Waals surface area contributed by atoms with Crippen LogP contribution in [0, 0.1) is 6.92 Å². The monoisotopic (exact) mass is 153 g/mol. The number of aryl methyl sites for hydroxylation is 1. The molecular formula is C7H11N3O. The van der Waals surface area contributed by atoms with Gasteiger partial charge in [-0.05, 0) is 6.92 Å². The molecule has 0 saturated heterocycles. The van der Waals surface area contributed by atoms with Crippen LogP contribution >= 0.6 is 0 Å². The van der Waals surface area contributed by atoms with Crippen molar-refractivity contribution < 1.29 is 4.84 Å². The van der Waals surface area contributed by atoms with E-state index in [4.69, 9.17) is 0 Å². The van der Waals surface area contributed by atoms with Crippen molar-refractivity contribution in [3.63, 3.8) is 0 Å². The number of hydroxylamine groups is 1. The topological polar surface area (TPSA) is 47.0 Å². The molecule has 0 spiro atoms. The Kier molecular flexibility index (Phi) is 2.95. The number of nitrogens with zero attached hydrogens (tertiary/aromatic N) is 2. The molecule has 60 valence electrons. The van der Waals surface area contributed by atoms with Crippen LogP contribution in [0.3, 0.4) is 0 Å². The third kappa shape index (κ3) is 2.61. The fraction of sp³-hybridized carbons (Fsp3) is 0.429. The Bertz CT molecular complexity index is 209. The summed E-state index contributed by atoms with van der Waals surface area (Å²) < 4.78 is 0. The van der Waals surface area contributed by atoms with Gasteiger partial charge in [-0.25, -0.2) is 9.97 Å². The van der Waals surface area contributed by atoms with Crippen molar-refractivity contribution in [2.24, 2.45) is 0 Å². The van der Waals surface area contributed by atoms with Crippen molar-refractivity contribution in [2.45, 2.75) is 13.5 Å². The lowest BCUT2D eigenvalue weighted by atomic mass is 10.3. The molecule has 0 amide bonds. The molecule has 0 radical (unpaired) electrons. The second-order valence-corrected chi connectivity index (χ2v) is 2.16. The number of rotatable bonds is 3. The van der Waals surface area contributed by atoms with Crippen LogP contribution in [0.2, 0.25) is 0 Å². The van der Waals surface area contributed by atoms with Crippen LogP contribution < -0.4 is 5.48 Å². The first-order chi connectivity index (χ1) is 5.33. The largest absolute Gasteiger partial charge is 0.305 e. The zero-order chi connectivity index (χ0) is 8.10. The van der Waals surface area contributed by atoms with E-state index >= 15 is 0 Å². The molecule has 0 aliphatic rings. The molecule has 0 bridgehead atoms. The lowest BCUT2D eigenvalue weighted by molar-refractivity contribution is 0.0865. The van der Waals surface area contributed by atoms with Crippen molar-refractivity contribution in [3.8, 4) is 0 Å². The Labute approximate surface area is 65.6 Å². The molecule has 0 unspecified atom stereocenters. The van der Waals surface area contributed by atoms with E-state index in [1.54, 1.807) is 19.5 Å². The van der Waals surface area contributed by atoms with Crippen molar-refractivity contribution in [1.82, 2.24) is 15.4 Å². The summed E-state index contributed by atoms with van der Waals surface area (Å²) in [6.45, 7) is 2.49. The van der Waals surface area contributed by atoms with E-state index in [-0.39, 0.29) is 0 Å². The molecule has 0 saturated carbocycles. The van der Waals surface area contributed by atoms with Crippen LogP contribution in [0.5, 0.6) is 0 Å². The maximum atomic E-state index is 4.67. The zero-order valence-electron chi connectivity index (χ0n) is 6.66. The fourth-order valence-corrected chi connectivity index (χ4v) is 0.666. The Morgan fingerprint density at radius 1 is 1.45 bits per heavy atom. The van der Waals surface area contributed by atoms with Gasteiger partial charge in [0, 0.05) is 24.5 Å². The molecule has 1 heterocycles. The van der Waals surface area contributed by atoms with E-state index < -0.39 is 0 Å². The molecule has 11 heavy (non-hydrogen) atoms. The summed E-state index contributed by atoms with van der Waals surface area (Å²) in [7, 11) is 1.58. The number of hydrogen-bond donors (Lipinski definition) is 1. The van der Waals surface area contributed by atoms with Gasteiger partial charge < -0.3 is 4.84 Å². The second kappa shape index (κ2) is 4.00. The van der Waals surface area contributed by atoms with Crippen LogP contribution in [0.4, 0.5) is 0 Å². The zero-order valence-corrected chi connectivity index (χ0v) is 6.66.